The van der Waals surface area contributed by atoms with Gasteiger partial charge >= 0.3 is 6.09 Å². The van der Waals surface area contributed by atoms with E-state index in [0.717, 1.165) is 29.1 Å². The number of benzene rings is 1. The van der Waals surface area contributed by atoms with Crippen LogP contribution < -0.4 is 10.1 Å². The smallest absolute Gasteiger partial charge is 0.409 e. The van der Waals surface area contributed by atoms with Crippen molar-refractivity contribution in [1.29, 1.82) is 0 Å². The van der Waals surface area contributed by atoms with E-state index in [1.165, 1.54) is 11.1 Å². The molecule has 41 heavy (non-hydrogen) atoms. The van der Waals surface area contributed by atoms with E-state index in [2.05, 4.69) is 34.2 Å². The van der Waals surface area contributed by atoms with Crippen LogP contribution in [0, 0.1) is 0 Å². The molecule has 12 heteroatoms. The summed E-state index contributed by atoms with van der Waals surface area (Å²) in [6, 6.07) is 5.71. The molecule has 0 aliphatic carbocycles. The molecule has 11 nitrogen and oxygen atoms in total. The average Bonchev–Trinajstić information content (AvgIpc) is 3.47. The zero-order valence-electron chi connectivity index (χ0n) is 24.5. The first-order valence-corrected chi connectivity index (χ1v) is 16.6. The van der Waals surface area contributed by atoms with Gasteiger partial charge in [-0.25, -0.2) is 24.3 Å². The van der Waals surface area contributed by atoms with Gasteiger partial charge in [-0.15, -0.1) is 0 Å². The van der Waals surface area contributed by atoms with Gasteiger partial charge in [0, 0.05) is 48.8 Å². The molecule has 2 aliphatic heterocycles. The summed E-state index contributed by atoms with van der Waals surface area (Å²) in [5.74, 6) is 1.19. The number of fused-ring (bicyclic) bond motifs is 2. The number of nitrogens with one attached hydrogen (secondary N) is 1. The number of rotatable bonds is 8. The number of hydrogen-bond donors (Lipinski definition) is 1. The predicted octanol–water partition coefficient (Wildman–Crippen LogP) is 3.91. The van der Waals surface area contributed by atoms with Crippen LogP contribution in [0.2, 0.25) is 0 Å². The van der Waals surface area contributed by atoms with Gasteiger partial charge in [-0.3, -0.25) is 4.79 Å². The third kappa shape index (κ3) is 6.94. The number of amides is 2. The molecule has 1 aromatic carbocycles. The Hall–Kier alpha value is -3.35. The van der Waals surface area contributed by atoms with Gasteiger partial charge in [0.2, 0.25) is 0 Å². The minimum Gasteiger partial charge on any atom is -0.487 e. The first-order valence-electron chi connectivity index (χ1n) is 13.6. The highest BCUT2D eigenvalue weighted by molar-refractivity contribution is 8.32. The molecule has 3 aromatic rings. The Morgan fingerprint density at radius 2 is 1.98 bits per heavy atom. The van der Waals surface area contributed by atoms with Gasteiger partial charge in [0.1, 0.15) is 23.5 Å². The Balaban J connectivity index is 1.27. The zero-order chi connectivity index (χ0) is 29.4. The molecule has 0 atom stereocenters. The monoisotopic (exact) mass is 585 g/mol. The number of carbonyl (C=O) groups is 2. The van der Waals surface area contributed by atoms with E-state index in [1.54, 1.807) is 30.0 Å². The third-order valence-electron chi connectivity index (χ3n) is 7.07. The number of nitrogens with zero attached hydrogens (tertiary/aromatic N) is 4. The molecule has 0 bridgehead atoms. The summed E-state index contributed by atoms with van der Waals surface area (Å²) >= 11 is 0. The summed E-state index contributed by atoms with van der Waals surface area (Å²) in [4.78, 5) is 31.6. The van der Waals surface area contributed by atoms with Gasteiger partial charge < -0.3 is 29.2 Å². The first kappa shape index (κ1) is 29.2. The minimum absolute atomic E-state index is 0.159. The van der Waals surface area contributed by atoms with Crippen LogP contribution >= 0.6 is 10.0 Å². The van der Waals surface area contributed by atoms with Crippen molar-refractivity contribution in [3.05, 3.63) is 53.5 Å². The van der Waals surface area contributed by atoms with Crippen LogP contribution in [0.3, 0.4) is 0 Å². The summed E-state index contributed by atoms with van der Waals surface area (Å²) in [6.45, 7) is 5.43. The highest BCUT2D eigenvalue weighted by atomic mass is 32.3. The van der Waals surface area contributed by atoms with Crippen LogP contribution in [0.5, 0.6) is 5.75 Å². The van der Waals surface area contributed by atoms with Crippen molar-refractivity contribution in [2.45, 2.75) is 38.1 Å². The Morgan fingerprint density at radius 1 is 1.22 bits per heavy atom. The topological polar surface area (TPSA) is 117 Å². The van der Waals surface area contributed by atoms with Gasteiger partial charge in [0.25, 0.3) is 5.91 Å². The van der Waals surface area contributed by atoms with Crippen molar-refractivity contribution in [1.82, 2.24) is 19.5 Å². The van der Waals surface area contributed by atoms with E-state index >= 15 is 0 Å². The Bertz CT molecular complexity index is 1430. The lowest BCUT2D eigenvalue weighted by molar-refractivity contribution is -0.191. The van der Waals surface area contributed by atoms with Crippen LogP contribution in [0.4, 0.5) is 10.5 Å². The van der Waals surface area contributed by atoms with Gasteiger partial charge in [0.05, 0.1) is 26.0 Å². The van der Waals surface area contributed by atoms with Crippen molar-refractivity contribution in [2.75, 3.05) is 63.3 Å². The summed E-state index contributed by atoms with van der Waals surface area (Å²) in [7, 11) is 0.937. The molecule has 1 N–H and O–H groups in total. The maximum atomic E-state index is 13.4. The molecule has 0 unspecified atom stereocenters. The fourth-order valence-corrected chi connectivity index (χ4v) is 5.49. The van der Waals surface area contributed by atoms with E-state index in [0.29, 0.717) is 36.7 Å². The number of ether oxygens (including phenoxy) is 4. The SMILES string of the molecule is CN(C[C@H]1OC[C@@H](c2cc3c(cc2NC(=O)c2cnn4cccnc24)CC(C)(C)O3)CO1)C(=O)OCCS(C)(C)C. The van der Waals surface area contributed by atoms with Crippen molar-refractivity contribution < 1.29 is 28.5 Å². The molecular weight excluding hydrogens is 546 g/mol. The van der Waals surface area contributed by atoms with Crippen LogP contribution in [0.15, 0.2) is 36.8 Å². The largest absolute Gasteiger partial charge is 0.487 e. The zero-order valence-corrected chi connectivity index (χ0v) is 25.3. The maximum absolute atomic E-state index is 13.4. The fourth-order valence-electron chi connectivity index (χ4n) is 4.90. The summed E-state index contributed by atoms with van der Waals surface area (Å²) in [5.41, 5.74) is 3.07. The number of hydrogen-bond acceptors (Lipinski definition) is 8. The highest BCUT2D eigenvalue weighted by Crippen LogP contribution is 2.41. The van der Waals surface area contributed by atoms with Crippen molar-refractivity contribution in [3.8, 4) is 5.75 Å². The minimum atomic E-state index is -0.737. The van der Waals surface area contributed by atoms with Gasteiger partial charge in [-0.1, -0.05) is 0 Å². The fraction of sp³-hybridized carbons (Fsp3) is 0.517. The van der Waals surface area contributed by atoms with E-state index < -0.39 is 22.4 Å². The predicted molar refractivity (Wildman–Crippen MR) is 158 cm³/mol. The quantitative estimate of drug-likeness (QED) is 0.423. The Labute approximate surface area is 241 Å². The molecule has 0 radical (unpaired) electrons. The highest BCUT2D eigenvalue weighted by Gasteiger charge is 2.34. The number of aromatic nitrogens is 3. The van der Waals surface area contributed by atoms with Crippen LogP contribution in [-0.4, -0.2) is 101 Å². The van der Waals surface area contributed by atoms with E-state index in [9.17, 15) is 9.59 Å². The molecule has 1 fully saturated rings. The molecule has 5 rings (SSSR count). The Kier molecular flexibility index (Phi) is 8.18. The lowest BCUT2D eigenvalue weighted by Gasteiger charge is -2.33. The molecule has 0 spiro atoms. The molecule has 2 amide bonds. The maximum Gasteiger partial charge on any atom is 0.409 e. The molecule has 0 saturated carbocycles. The summed E-state index contributed by atoms with van der Waals surface area (Å²) < 4.78 is 25.2. The third-order valence-corrected chi connectivity index (χ3v) is 8.46. The van der Waals surface area contributed by atoms with Crippen molar-refractivity contribution >= 4 is 33.4 Å². The van der Waals surface area contributed by atoms with Gasteiger partial charge in [0.15, 0.2) is 11.9 Å². The van der Waals surface area contributed by atoms with E-state index in [1.807, 2.05) is 26.0 Å². The van der Waals surface area contributed by atoms with Crippen molar-refractivity contribution in [2.24, 2.45) is 0 Å². The van der Waals surface area contributed by atoms with Crippen LogP contribution in [0.25, 0.3) is 5.65 Å². The second-order valence-corrected chi connectivity index (χ2v) is 16.7. The first-order chi connectivity index (χ1) is 19.4. The second-order valence-electron chi connectivity index (χ2n) is 12.1. The lowest BCUT2D eigenvalue weighted by atomic mass is 9.94. The summed E-state index contributed by atoms with van der Waals surface area (Å²) in [5, 5.41) is 7.32. The average molecular weight is 586 g/mol. The number of carbonyl (C=O) groups excluding carboxylic acids is 2. The Morgan fingerprint density at radius 3 is 2.71 bits per heavy atom. The molecule has 1 saturated heterocycles. The van der Waals surface area contributed by atoms with E-state index in [-0.39, 0.29) is 24.0 Å². The molecule has 222 valence electrons. The second kappa shape index (κ2) is 11.5. The normalized spacial score (nSPS) is 20.2. The molecule has 4 heterocycles. The van der Waals surface area contributed by atoms with E-state index in [4.69, 9.17) is 18.9 Å². The number of likely N-dealkylation sites (N-methyl/N-ethyl adjacent to an activating group) is 1. The van der Waals surface area contributed by atoms with Crippen molar-refractivity contribution in [3.63, 3.8) is 0 Å². The van der Waals surface area contributed by atoms with Crippen LogP contribution in [-0.2, 0) is 20.6 Å². The van der Waals surface area contributed by atoms with Crippen LogP contribution in [0.1, 0.15) is 41.3 Å². The molecule has 2 aliphatic rings. The van der Waals surface area contributed by atoms with Gasteiger partial charge in [-0.05, 0) is 56.4 Å². The van der Waals surface area contributed by atoms with Gasteiger partial charge in [-0.2, -0.15) is 5.10 Å². The lowest BCUT2D eigenvalue weighted by Crippen LogP contribution is -2.41. The standard InChI is InChI=1S/C29H39N5O6S/c1-29(2)14-19-12-23(32-27(35)22-15-31-34-9-7-8-30-26(22)34)21(13-24(19)40-29)20-17-38-25(39-18-20)16-33(3)28(36)37-10-11-41(4,5)6/h7-9,12-13,15,20,25H,10-11,14,16-18H2,1-6H3,(H,32,35)/t20-,25+. The molecular formula is C29H39N5O6S. The number of anilines is 1. The molecule has 2 aromatic heterocycles. The summed E-state index contributed by atoms with van der Waals surface area (Å²) in [6.07, 6.45) is 11.2.